The minimum Gasteiger partial charge on any atom is -0.488 e. The second kappa shape index (κ2) is 5.49. The summed E-state index contributed by atoms with van der Waals surface area (Å²) in [6.07, 6.45) is -4.38. The van der Waals surface area contributed by atoms with Gasteiger partial charge < -0.3 is 9.84 Å². The molecule has 1 aromatic carbocycles. The van der Waals surface area contributed by atoms with Crippen LogP contribution in [0.5, 0.6) is 5.75 Å². The van der Waals surface area contributed by atoms with Gasteiger partial charge >= 0.3 is 12.1 Å². The molecular weight excluding hydrogens is 295 g/mol. The summed E-state index contributed by atoms with van der Waals surface area (Å²) >= 11 is 0.969. The van der Waals surface area contributed by atoms with Crippen LogP contribution in [0.3, 0.4) is 0 Å². The molecule has 1 N–H and O–H groups in total. The number of aromatic carboxylic acids is 1. The number of hydrogen-bond acceptors (Lipinski definition) is 4. The van der Waals surface area contributed by atoms with Crippen molar-refractivity contribution in [3.05, 3.63) is 46.5 Å². The van der Waals surface area contributed by atoms with Gasteiger partial charge in [-0.15, -0.1) is 0 Å². The average molecular weight is 303 g/mol. The molecule has 0 bridgehead atoms. The summed E-state index contributed by atoms with van der Waals surface area (Å²) in [6.45, 7) is 0.0519. The molecule has 0 fully saturated rings. The van der Waals surface area contributed by atoms with E-state index in [0.717, 1.165) is 23.7 Å². The maximum Gasteiger partial charge on any atom is 0.416 e. The third-order valence-corrected chi connectivity index (χ3v) is 3.10. The van der Waals surface area contributed by atoms with Crippen molar-refractivity contribution in [2.45, 2.75) is 12.8 Å². The first kappa shape index (κ1) is 14.3. The van der Waals surface area contributed by atoms with Crippen molar-refractivity contribution in [3.63, 3.8) is 0 Å². The second-order valence-corrected chi connectivity index (χ2v) is 4.68. The molecule has 106 valence electrons. The first-order valence-corrected chi connectivity index (χ1v) is 6.12. The number of benzene rings is 1. The lowest BCUT2D eigenvalue weighted by molar-refractivity contribution is -0.137. The lowest BCUT2D eigenvalue weighted by atomic mass is 10.2. The number of hydrogen-bond donors (Lipinski definition) is 1. The Bertz CT molecular complexity index is 607. The normalized spacial score (nSPS) is 11.3. The van der Waals surface area contributed by atoms with Crippen LogP contribution in [0.15, 0.2) is 30.3 Å². The fourth-order valence-corrected chi connectivity index (χ4v) is 2.00. The van der Waals surface area contributed by atoms with Crippen LogP contribution in [0.25, 0.3) is 0 Å². The van der Waals surface area contributed by atoms with Crippen LogP contribution in [-0.4, -0.2) is 15.4 Å². The number of nitrogens with zero attached hydrogens (tertiary/aromatic N) is 1. The molecule has 4 nitrogen and oxygen atoms in total. The average Bonchev–Trinajstić information content (AvgIpc) is 2.85. The van der Waals surface area contributed by atoms with Crippen molar-refractivity contribution in [1.82, 2.24) is 4.37 Å². The number of alkyl halides is 3. The number of ether oxygens (including phenoxy) is 1. The smallest absolute Gasteiger partial charge is 0.416 e. The van der Waals surface area contributed by atoms with E-state index < -0.39 is 17.7 Å². The molecule has 0 radical (unpaired) electrons. The molecule has 2 aromatic rings. The summed E-state index contributed by atoms with van der Waals surface area (Å²) in [6, 6.07) is 5.62. The Morgan fingerprint density at radius 1 is 1.30 bits per heavy atom. The Labute approximate surface area is 115 Å². The number of carboxylic acid groups (broad SMARTS) is 1. The van der Waals surface area contributed by atoms with Gasteiger partial charge in [-0.3, -0.25) is 0 Å². The van der Waals surface area contributed by atoms with Crippen molar-refractivity contribution in [3.8, 4) is 5.75 Å². The third kappa shape index (κ3) is 3.47. The van der Waals surface area contributed by atoms with Crippen LogP contribution in [0.1, 0.15) is 20.9 Å². The SMILES string of the molecule is O=C(O)c1cc(COc2ccc(C(F)(F)F)cc2)sn1. The zero-order chi connectivity index (χ0) is 14.8. The van der Waals surface area contributed by atoms with Crippen molar-refractivity contribution < 1.29 is 27.8 Å². The summed E-state index contributed by atoms with van der Waals surface area (Å²) in [5.41, 5.74) is -0.836. The van der Waals surface area contributed by atoms with Gasteiger partial charge in [0.1, 0.15) is 12.4 Å². The quantitative estimate of drug-likeness (QED) is 0.940. The van der Waals surface area contributed by atoms with Gasteiger partial charge in [-0.1, -0.05) is 0 Å². The van der Waals surface area contributed by atoms with Gasteiger partial charge in [-0.2, -0.15) is 17.5 Å². The molecule has 20 heavy (non-hydrogen) atoms. The maximum absolute atomic E-state index is 12.3. The Balaban J connectivity index is 1.98. The molecular formula is C12H8F3NO3S. The molecule has 1 heterocycles. The predicted octanol–water partition coefficient (Wildman–Crippen LogP) is 3.44. The van der Waals surface area contributed by atoms with E-state index in [9.17, 15) is 18.0 Å². The summed E-state index contributed by atoms with van der Waals surface area (Å²) in [5, 5.41) is 8.69. The van der Waals surface area contributed by atoms with Gasteiger partial charge in [0.25, 0.3) is 0 Å². The zero-order valence-corrected chi connectivity index (χ0v) is 10.7. The van der Waals surface area contributed by atoms with Crippen molar-refractivity contribution in [1.29, 1.82) is 0 Å². The second-order valence-electron chi connectivity index (χ2n) is 3.79. The minimum atomic E-state index is -4.38. The van der Waals surface area contributed by atoms with Crippen LogP contribution in [-0.2, 0) is 12.8 Å². The van der Waals surface area contributed by atoms with Crippen molar-refractivity contribution in [2.24, 2.45) is 0 Å². The molecule has 0 unspecified atom stereocenters. The van der Waals surface area contributed by atoms with E-state index in [1.165, 1.54) is 18.2 Å². The van der Waals surface area contributed by atoms with Crippen LogP contribution in [0, 0.1) is 0 Å². The van der Waals surface area contributed by atoms with Gasteiger partial charge in [0, 0.05) is 0 Å². The van der Waals surface area contributed by atoms with E-state index >= 15 is 0 Å². The predicted molar refractivity (Wildman–Crippen MR) is 64.8 cm³/mol. The summed E-state index contributed by atoms with van der Waals surface area (Å²) in [4.78, 5) is 11.2. The number of aromatic nitrogens is 1. The maximum atomic E-state index is 12.3. The first-order valence-electron chi connectivity index (χ1n) is 5.35. The number of carboxylic acids is 1. The van der Waals surface area contributed by atoms with Crippen LogP contribution >= 0.6 is 11.5 Å². The van der Waals surface area contributed by atoms with E-state index in [4.69, 9.17) is 9.84 Å². The third-order valence-electron chi connectivity index (χ3n) is 2.34. The van der Waals surface area contributed by atoms with Crippen LogP contribution in [0.2, 0.25) is 0 Å². The van der Waals surface area contributed by atoms with E-state index in [1.54, 1.807) is 0 Å². The zero-order valence-electron chi connectivity index (χ0n) is 9.85. The first-order chi connectivity index (χ1) is 9.36. The summed E-state index contributed by atoms with van der Waals surface area (Å²) in [5.74, 6) is -0.870. The summed E-state index contributed by atoms with van der Waals surface area (Å²) in [7, 11) is 0. The van der Waals surface area contributed by atoms with Gasteiger partial charge in [0.05, 0.1) is 10.4 Å². The fraction of sp³-hybridized carbons (Fsp3) is 0.167. The monoisotopic (exact) mass is 303 g/mol. The number of rotatable bonds is 4. The highest BCUT2D eigenvalue weighted by atomic mass is 32.1. The van der Waals surface area contributed by atoms with Crippen LogP contribution < -0.4 is 4.74 Å². The standard InChI is InChI=1S/C12H8F3NO3S/c13-12(14,15)7-1-3-8(4-2-7)19-6-9-5-10(11(17)18)16-20-9/h1-5H,6H2,(H,17,18). The van der Waals surface area contributed by atoms with Gasteiger partial charge in [0.15, 0.2) is 5.69 Å². The molecule has 0 aliphatic heterocycles. The van der Waals surface area contributed by atoms with Gasteiger partial charge in [0.2, 0.25) is 0 Å². The molecule has 8 heteroatoms. The molecule has 2 rings (SSSR count). The molecule has 0 aliphatic carbocycles. The Morgan fingerprint density at radius 2 is 1.95 bits per heavy atom. The minimum absolute atomic E-state index is 0.0519. The summed E-state index contributed by atoms with van der Waals surface area (Å²) < 4.78 is 46.0. The number of halogens is 3. The van der Waals surface area contributed by atoms with Crippen molar-refractivity contribution in [2.75, 3.05) is 0 Å². The highest BCUT2D eigenvalue weighted by Crippen LogP contribution is 2.30. The van der Waals surface area contributed by atoms with E-state index in [1.807, 2.05) is 0 Å². The Hall–Kier alpha value is -2.09. The topological polar surface area (TPSA) is 59.4 Å². The molecule has 0 spiro atoms. The lowest BCUT2D eigenvalue weighted by Crippen LogP contribution is -2.04. The van der Waals surface area contributed by atoms with E-state index in [0.29, 0.717) is 4.88 Å². The van der Waals surface area contributed by atoms with E-state index in [-0.39, 0.29) is 18.1 Å². The molecule has 0 atom stereocenters. The lowest BCUT2D eigenvalue weighted by Gasteiger charge is -2.08. The molecule has 0 amide bonds. The number of carbonyl (C=O) groups is 1. The largest absolute Gasteiger partial charge is 0.488 e. The van der Waals surface area contributed by atoms with Crippen molar-refractivity contribution >= 4 is 17.5 Å². The molecule has 0 saturated heterocycles. The van der Waals surface area contributed by atoms with Gasteiger partial charge in [-0.25, -0.2) is 4.79 Å². The van der Waals surface area contributed by atoms with Crippen LogP contribution in [0.4, 0.5) is 13.2 Å². The van der Waals surface area contributed by atoms with Gasteiger partial charge in [-0.05, 0) is 41.9 Å². The fourth-order valence-electron chi connectivity index (χ4n) is 1.38. The Morgan fingerprint density at radius 3 is 2.45 bits per heavy atom. The molecule has 0 saturated carbocycles. The molecule has 0 aliphatic rings. The van der Waals surface area contributed by atoms with E-state index in [2.05, 4.69) is 4.37 Å². The highest BCUT2D eigenvalue weighted by molar-refractivity contribution is 7.05. The Kier molecular flexibility index (Phi) is 3.93. The highest BCUT2D eigenvalue weighted by Gasteiger charge is 2.30. The molecule has 1 aromatic heterocycles.